The molecule has 0 atom stereocenters. The zero-order valence-corrected chi connectivity index (χ0v) is 9.35. The van der Waals surface area contributed by atoms with Crippen molar-refractivity contribution in [1.82, 2.24) is 9.97 Å². The van der Waals surface area contributed by atoms with Crippen LogP contribution in [-0.2, 0) is 6.18 Å². The summed E-state index contributed by atoms with van der Waals surface area (Å²) < 4.78 is 37.6. The molecule has 0 aliphatic heterocycles. The minimum Gasteiger partial charge on any atom is -0.478 e. The molecule has 0 radical (unpaired) electrons. The Bertz CT molecular complexity index is 612. The molecule has 1 N–H and O–H groups in total. The van der Waals surface area contributed by atoms with E-state index in [2.05, 4.69) is 9.97 Å². The van der Waals surface area contributed by atoms with Crippen molar-refractivity contribution < 1.29 is 23.1 Å². The van der Waals surface area contributed by atoms with E-state index in [1.807, 2.05) is 0 Å². The lowest BCUT2D eigenvalue weighted by Gasteiger charge is -2.10. The second-order valence-electron chi connectivity index (χ2n) is 3.66. The van der Waals surface area contributed by atoms with Crippen LogP contribution in [-0.4, -0.2) is 21.0 Å². The first-order valence-electron chi connectivity index (χ1n) is 5.10. The molecule has 1 aromatic heterocycles. The molecule has 2 aromatic rings. The van der Waals surface area contributed by atoms with Gasteiger partial charge in [0.2, 0.25) is 0 Å². The van der Waals surface area contributed by atoms with Crippen LogP contribution in [0.2, 0.25) is 0 Å². The van der Waals surface area contributed by atoms with Crippen molar-refractivity contribution in [2.75, 3.05) is 0 Å². The first kappa shape index (κ1) is 13.0. The summed E-state index contributed by atoms with van der Waals surface area (Å²) in [7, 11) is 0. The van der Waals surface area contributed by atoms with Gasteiger partial charge < -0.3 is 5.11 Å². The van der Waals surface area contributed by atoms with Gasteiger partial charge in [-0.3, -0.25) is 0 Å². The van der Waals surface area contributed by atoms with Crippen LogP contribution >= 0.6 is 0 Å². The van der Waals surface area contributed by atoms with Crippen molar-refractivity contribution in [3.05, 3.63) is 47.9 Å². The first-order valence-corrected chi connectivity index (χ1v) is 5.10. The molecule has 0 fully saturated rings. The molecule has 4 nitrogen and oxygen atoms in total. The number of aromatic carboxylic acids is 1. The van der Waals surface area contributed by atoms with Crippen molar-refractivity contribution in [1.29, 1.82) is 0 Å². The summed E-state index contributed by atoms with van der Waals surface area (Å²) in [6.07, 6.45) is -2.02. The lowest BCUT2D eigenvalue weighted by molar-refractivity contribution is -0.137. The second kappa shape index (κ2) is 4.68. The standard InChI is InChI=1S/C12H7F3N2O2/c13-12(14,15)7-1-2-8(9(5-7)11(18)19)10-3-4-16-6-17-10/h1-6H,(H,18,19). The number of halogens is 3. The van der Waals surface area contributed by atoms with Crippen molar-refractivity contribution in [2.24, 2.45) is 0 Å². The topological polar surface area (TPSA) is 63.1 Å². The number of carboxylic acids is 1. The maximum Gasteiger partial charge on any atom is 0.416 e. The molecule has 0 spiro atoms. The highest BCUT2D eigenvalue weighted by molar-refractivity contribution is 5.95. The van der Waals surface area contributed by atoms with E-state index in [0.29, 0.717) is 6.07 Å². The zero-order chi connectivity index (χ0) is 14.0. The normalized spacial score (nSPS) is 11.3. The minimum absolute atomic E-state index is 0.114. The fourth-order valence-electron chi connectivity index (χ4n) is 1.57. The van der Waals surface area contributed by atoms with Gasteiger partial charge in [-0.2, -0.15) is 13.2 Å². The van der Waals surface area contributed by atoms with Gasteiger partial charge in [-0.15, -0.1) is 0 Å². The lowest BCUT2D eigenvalue weighted by Crippen LogP contribution is -2.08. The summed E-state index contributed by atoms with van der Waals surface area (Å²) in [5, 5.41) is 9.01. The Kier molecular flexibility index (Phi) is 3.20. The summed E-state index contributed by atoms with van der Waals surface area (Å²) in [5.41, 5.74) is -1.10. The first-order chi connectivity index (χ1) is 8.89. The average molecular weight is 268 g/mol. The highest BCUT2D eigenvalue weighted by Gasteiger charge is 2.32. The Balaban J connectivity index is 2.61. The average Bonchev–Trinajstić information content (AvgIpc) is 2.38. The quantitative estimate of drug-likeness (QED) is 0.909. The van der Waals surface area contributed by atoms with Crippen molar-refractivity contribution in [3.63, 3.8) is 0 Å². The van der Waals surface area contributed by atoms with Gasteiger partial charge in [-0.1, -0.05) is 6.07 Å². The zero-order valence-electron chi connectivity index (χ0n) is 9.35. The van der Waals surface area contributed by atoms with Gasteiger partial charge in [0.25, 0.3) is 0 Å². The number of hydrogen-bond acceptors (Lipinski definition) is 3. The van der Waals surface area contributed by atoms with Gasteiger partial charge in [0.05, 0.1) is 16.8 Å². The number of carboxylic acid groups (broad SMARTS) is 1. The number of carbonyl (C=O) groups is 1. The molecule has 0 aliphatic rings. The number of benzene rings is 1. The van der Waals surface area contributed by atoms with Gasteiger partial charge in [0, 0.05) is 11.8 Å². The van der Waals surface area contributed by atoms with Crippen LogP contribution in [0.4, 0.5) is 13.2 Å². The fourth-order valence-corrected chi connectivity index (χ4v) is 1.57. The number of alkyl halides is 3. The molecule has 0 unspecified atom stereocenters. The van der Waals surface area contributed by atoms with Crippen LogP contribution < -0.4 is 0 Å². The molecular formula is C12H7F3N2O2. The third-order valence-electron chi connectivity index (χ3n) is 2.44. The predicted molar refractivity (Wildman–Crippen MR) is 59.4 cm³/mol. The van der Waals surface area contributed by atoms with E-state index < -0.39 is 23.3 Å². The largest absolute Gasteiger partial charge is 0.478 e. The van der Waals surface area contributed by atoms with E-state index in [4.69, 9.17) is 5.11 Å². The minimum atomic E-state index is -4.59. The molecule has 1 heterocycles. The van der Waals surface area contributed by atoms with Gasteiger partial charge >= 0.3 is 12.1 Å². The van der Waals surface area contributed by atoms with Gasteiger partial charge in [0.1, 0.15) is 6.33 Å². The Labute approximate surface area is 105 Å². The number of nitrogens with zero attached hydrogens (tertiary/aromatic N) is 2. The van der Waals surface area contributed by atoms with Gasteiger partial charge in [0.15, 0.2) is 0 Å². The molecule has 0 aliphatic carbocycles. The molecule has 0 bridgehead atoms. The second-order valence-corrected chi connectivity index (χ2v) is 3.66. The van der Waals surface area contributed by atoms with E-state index in [0.717, 1.165) is 12.1 Å². The maximum atomic E-state index is 12.5. The molecule has 0 saturated heterocycles. The van der Waals surface area contributed by atoms with Gasteiger partial charge in [-0.05, 0) is 18.2 Å². The smallest absolute Gasteiger partial charge is 0.416 e. The van der Waals surface area contributed by atoms with Crippen LogP contribution in [0.25, 0.3) is 11.3 Å². The summed E-state index contributed by atoms with van der Waals surface area (Å²) >= 11 is 0. The number of rotatable bonds is 2. The van der Waals surface area contributed by atoms with Crippen LogP contribution in [0.5, 0.6) is 0 Å². The van der Waals surface area contributed by atoms with Crippen molar-refractivity contribution >= 4 is 5.97 Å². The monoisotopic (exact) mass is 268 g/mol. The highest BCUT2D eigenvalue weighted by Crippen LogP contribution is 2.32. The van der Waals surface area contributed by atoms with Crippen LogP contribution in [0, 0.1) is 0 Å². The molecule has 0 amide bonds. The maximum absolute atomic E-state index is 12.5. The van der Waals surface area contributed by atoms with E-state index in [1.165, 1.54) is 18.6 Å². The third-order valence-corrected chi connectivity index (χ3v) is 2.44. The van der Waals surface area contributed by atoms with E-state index >= 15 is 0 Å². The molecular weight excluding hydrogens is 261 g/mol. The van der Waals surface area contributed by atoms with Crippen molar-refractivity contribution in [3.8, 4) is 11.3 Å². The summed E-state index contributed by atoms with van der Waals surface area (Å²) in [6, 6.07) is 3.94. The van der Waals surface area contributed by atoms with Crippen LogP contribution in [0.3, 0.4) is 0 Å². The molecule has 0 saturated carbocycles. The van der Waals surface area contributed by atoms with Crippen LogP contribution in [0.15, 0.2) is 36.8 Å². The van der Waals surface area contributed by atoms with Crippen molar-refractivity contribution in [2.45, 2.75) is 6.18 Å². The summed E-state index contributed by atoms with van der Waals surface area (Å²) in [6.45, 7) is 0. The molecule has 7 heteroatoms. The SMILES string of the molecule is O=C(O)c1cc(C(F)(F)F)ccc1-c1ccncn1. The van der Waals surface area contributed by atoms with E-state index in [-0.39, 0.29) is 11.3 Å². The molecule has 19 heavy (non-hydrogen) atoms. The van der Waals surface area contributed by atoms with Crippen LogP contribution in [0.1, 0.15) is 15.9 Å². The highest BCUT2D eigenvalue weighted by atomic mass is 19.4. The summed E-state index contributed by atoms with van der Waals surface area (Å²) in [4.78, 5) is 18.6. The van der Waals surface area contributed by atoms with Gasteiger partial charge in [-0.25, -0.2) is 14.8 Å². The Morgan fingerprint density at radius 1 is 1.21 bits per heavy atom. The molecule has 2 rings (SSSR count). The van der Waals surface area contributed by atoms with E-state index in [9.17, 15) is 18.0 Å². The molecule has 1 aromatic carbocycles. The summed E-state index contributed by atoms with van der Waals surface area (Å²) in [5.74, 6) is -1.44. The Morgan fingerprint density at radius 2 is 1.95 bits per heavy atom. The number of hydrogen-bond donors (Lipinski definition) is 1. The molecule has 98 valence electrons. The third kappa shape index (κ3) is 2.70. The Hall–Kier alpha value is -2.44. The number of aromatic nitrogens is 2. The predicted octanol–water partition coefficient (Wildman–Crippen LogP) is 2.86. The lowest BCUT2D eigenvalue weighted by atomic mass is 10.0. The fraction of sp³-hybridized carbons (Fsp3) is 0.0833. The Morgan fingerprint density at radius 3 is 2.47 bits per heavy atom. The van der Waals surface area contributed by atoms with E-state index in [1.54, 1.807) is 0 Å².